The lowest BCUT2D eigenvalue weighted by atomic mass is 9.83. The summed E-state index contributed by atoms with van der Waals surface area (Å²) in [5, 5.41) is 9.15. The number of thioether (sulfide) groups is 1. The third kappa shape index (κ3) is 3.27. The molecule has 1 aromatic carbocycles. The van der Waals surface area contributed by atoms with E-state index in [4.69, 9.17) is 0 Å². The second-order valence-corrected chi connectivity index (χ2v) is 7.23. The van der Waals surface area contributed by atoms with Crippen LogP contribution in [0.1, 0.15) is 36.0 Å². The fraction of sp³-hybridized carbons (Fsp3) is 0.471. The molecule has 23 heavy (non-hydrogen) atoms. The molecule has 1 amide bonds. The molecule has 0 aromatic heterocycles. The number of carbonyl (C=O) groups is 3. The van der Waals surface area contributed by atoms with Crippen molar-refractivity contribution in [3.63, 3.8) is 0 Å². The first kappa shape index (κ1) is 16.1. The van der Waals surface area contributed by atoms with Crippen molar-refractivity contribution in [1.82, 2.24) is 4.90 Å². The van der Waals surface area contributed by atoms with Crippen LogP contribution in [0.25, 0.3) is 0 Å². The molecule has 5 nitrogen and oxygen atoms in total. The Morgan fingerprint density at radius 2 is 1.83 bits per heavy atom. The van der Waals surface area contributed by atoms with Gasteiger partial charge in [0, 0.05) is 17.4 Å². The van der Waals surface area contributed by atoms with Crippen LogP contribution in [-0.2, 0) is 9.59 Å². The van der Waals surface area contributed by atoms with E-state index >= 15 is 0 Å². The van der Waals surface area contributed by atoms with Crippen molar-refractivity contribution < 1.29 is 19.5 Å². The predicted octanol–water partition coefficient (Wildman–Crippen LogP) is 2.41. The molecule has 1 saturated carbocycles. The summed E-state index contributed by atoms with van der Waals surface area (Å²) in [7, 11) is 0. The second kappa shape index (κ2) is 6.74. The van der Waals surface area contributed by atoms with E-state index in [1.54, 1.807) is 12.1 Å². The van der Waals surface area contributed by atoms with Gasteiger partial charge < -0.3 is 10.0 Å². The van der Waals surface area contributed by atoms with E-state index in [0.717, 1.165) is 19.3 Å². The van der Waals surface area contributed by atoms with Crippen LogP contribution in [0.5, 0.6) is 0 Å². The molecule has 1 aromatic rings. The van der Waals surface area contributed by atoms with Crippen molar-refractivity contribution in [3.8, 4) is 0 Å². The lowest BCUT2D eigenvalue weighted by Crippen LogP contribution is -2.49. The first-order valence-corrected chi connectivity index (χ1v) is 8.75. The molecule has 2 fully saturated rings. The van der Waals surface area contributed by atoms with Gasteiger partial charge in [-0.3, -0.25) is 9.59 Å². The molecule has 3 rings (SSSR count). The summed E-state index contributed by atoms with van der Waals surface area (Å²) in [6.45, 7) is 0.510. The van der Waals surface area contributed by atoms with Crippen molar-refractivity contribution in [2.24, 2.45) is 5.92 Å². The maximum Gasteiger partial charge on any atom is 0.326 e. The zero-order chi connectivity index (χ0) is 16.4. The Labute approximate surface area is 139 Å². The highest BCUT2D eigenvalue weighted by molar-refractivity contribution is 8.14. The highest BCUT2D eigenvalue weighted by Gasteiger charge is 2.44. The normalized spacial score (nSPS) is 26.6. The van der Waals surface area contributed by atoms with Crippen molar-refractivity contribution in [2.75, 3.05) is 6.54 Å². The number of carboxylic acid groups (broad SMARTS) is 1. The van der Waals surface area contributed by atoms with Crippen LogP contribution in [-0.4, -0.2) is 44.8 Å². The van der Waals surface area contributed by atoms with Crippen LogP contribution in [0, 0.1) is 5.92 Å². The van der Waals surface area contributed by atoms with Crippen LogP contribution in [0.3, 0.4) is 0 Å². The predicted molar refractivity (Wildman–Crippen MR) is 87.2 cm³/mol. The largest absolute Gasteiger partial charge is 0.480 e. The van der Waals surface area contributed by atoms with Gasteiger partial charge in [0.05, 0.1) is 5.92 Å². The van der Waals surface area contributed by atoms with Crippen molar-refractivity contribution >= 4 is 28.8 Å². The highest BCUT2D eigenvalue weighted by atomic mass is 32.2. The standard InChI is InChI=1S/C17H19NO4S/c19-15(18-10-4-7-13(18)16(20)21)12-8-9-14(12)23-17(22)11-5-2-1-3-6-11/h1-3,5-6,12-14H,4,7-10H2,(H,20,21)/t12-,13+,14-/m1/s1. The van der Waals surface area contributed by atoms with Crippen molar-refractivity contribution in [1.29, 1.82) is 0 Å². The lowest BCUT2D eigenvalue weighted by Gasteiger charge is -2.37. The lowest BCUT2D eigenvalue weighted by molar-refractivity contribution is -0.150. The van der Waals surface area contributed by atoms with Crippen molar-refractivity contribution in [2.45, 2.75) is 37.0 Å². The monoisotopic (exact) mass is 333 g/mol. The fourth-order valence-electron chi connectivity index (χ4n) is 3.17. The number of amides is 1. The Morgan fingerprint density at radius 3 is 2.43 bits per heavy atom. The smallest absolute Gasteiger partial charge is 0.326 e. The maximum atomic E-state index is 12.6. The number of benzene rings is 1. The van der Waals surface area contributed by atoms with Crippen LogP contribution in [0.4, 0.5) is 0 Å². The molecule has 122 valence electrons. The van der Waals surface area contributed by atoms with Gasteiger partial charge in [-0.05, 0) is 25.7 Å². The van der Waals surface area contributed by atoms with Crippen LogP contribution < -0.4 is 0 Å². The number of rotatable bonds is 4. The minimum atomic E-state index is -0.931. The van der Waals surface area contributed by atoms with Gasteiger partial charge in [-0.15, -0.1) is 0 Å². The van der Waals surface area contributed by atoms with Gasteiger partial charge in [0.25, 0.3) is 0 Å². The number of carboxylic acids is 1. The average Bonchev–Trinajstić information content (AvgIpc) is 3.02. The third-order valence-corrected chi connectivity index (χ3v) is 5.93. The van der Waals surface area contributed by atoms with E-state index in [-0.39, 0.29) is 22.2 Å². The maximum absolute atomic E-state index is 12.6. The second-order valence-electron chi connectivity index (χ2n) is 6.02. The topological polar surface area (TPSA) is 74.7 Å². The molecule has 1 N–H and O–H groups in total. The van der Waals surface area contributed by atoms with Gasteiger partial charge in [-0.25, -0.2) is 4.79 Å². The Balaban J connectivity index is 1.62. The summed E-state index contributed by atoms with van der Waals surface area (Å²) in [5.41, 5.74) is 0.639. The quantitative estimate of drug-likeness (QED) is 0.916. The van der Waals surface area contributed by atoms with Gasteiger partial charge in [0.2, 0.25) is 11.0 Å². The Kier molecular flexibility index (Phi) is 4.71. The van der Waals surface area contributed by atoms with Gasteiger partial charge >= 0.3 is 5.97 Å². The molecule has 1 aliphatic heterocycles. The zero-order valence-electron chi connectivity index (χ0n) is 12.7. The van der Waals surface area contributed by atoms with Crippen LogP contribution in [0.15, 0.2) is 30.3 Å². The number of hydrogen-bond acceptors (Lipinski definition) is 4. The first-order chi connectivity index (χ1) is 11.1. The van der Waals surface area contributed by atoms with Crippen molar-refractivity contribution in [3.05, 3.63) is 35.9 Å². The fourth-order valence-corrected chi connectivity index (χ4v) is 4.39. The van der Waals surface area contributed by atoms with E-state index in [9.17, 15) is 19.5 Å². The molecule has 0 bridgehead atoms. The molecule has 6 heteroatoms. The number of aliphatic carboxylic acids is 1. The summed E-state index contributed by atoms with van der Waals surface area (Å²) in [6.07, 6.45) is 2.82. The molecule has 3 atom stereocenters. The molecule has 1 saturated heterocycles. The number of likely N-dealkylation sites (tertiary alicyclic amines) is 1. The van der Waals surface area contributed by atoms with Crippen LogP contribution >= 0.6 is 11.8 Å². The van der Waals surface area contributed by atoms with E-state index in [2.05, 4.69) is 0 Å². The zero-order valence-corrected chi connectivity index (χ0v) is 13.5. The summed E-state index contributed by atoms with van der Waals surface area (Å²) >= 11 is 1.21. The molecule has 1 heterocycles. The van der Waals surface area contributed by atoms with Gasteiger partial charge in [-0.2, -0.15) is 0 Å². The summed E-state index contributed by atoms with van der Waals surface area (Å²) in [5.74, 6) is -1.26. The minimum absolute atomic E-state index is 0.0238. The number of hydrogen-bond donors (Lipinski definition) is 1. The first-order valence-electron chi connectivity index (χ1n) is 7.87. The summed E-state index contributed by atoms with van der Waals surface area (Å²) in [4.78, 5) is 37.6. The van der Waals surface area contributed by atoms with E-state index < -0.39 is 12.0 Å². The van der Waals surface area contributed by atoms with Gasteiger partial charge in [-0.1, -0.05) is 42.1 Å². The molecule has 0 unspecified atom stereocenters. The third-order valence-electron chi connectivity index (χ3n) is 4.62. The Bertz CT molecular complexity index is 618. The molecule has 0 spiro atoms. The summed E-state index contributed by atoms with van der Waals surface area (Å²) < 4.78 is 0. The number of carbonyl (C=O) groups excluding carboxylic acids is 2. The summed E-state index contributed by atoms with van der Waals surface area (Å²) in [6, 6.07) is 8.34. The van der Waals surface area contributed by atoms with E-state index in [1.165, 1.54) is 16.7 Å². The van der Waals surface area contributed by atoms with Gasteiger partial charge in [0.1, 0.15) is 6.04 Å². The number of nitrogens with zero attached hydrogens (tertiary/aromatic N) is 1. The van der Waals surface area contributed by atoms with Gasteiger partial charge in [0.15, 0.2) is 0 Å². The van der Waals surface area contributed by atoms with Crippen LogP contribution in [0.2, 0.25) is 0 Å². The molecular formula is C17H19NO4S. The Hall–Kier alpha value is -1.82. The molecular weight excluding hydrogens is 314 g/mol. The minimum Gasteiger partial charge on any atom is -0.480 e. The highest BCUT2D eigenvalue weighted by Crippen LogP contribution is 2.41. The Morgan fingerprint density at radius 1 is 1.09 bits per heavy atom. The van der Waals surface area contributed by atoms with E-state index in [1.807, 2.05) is 18.2 Å². The molecule has 2 aliphatic rings. The SMILES string of the molecule is O=C(S[C@@H]1CC[C@H]1C(=O)N1CCC[C@H]1C(=O)O)c1ccccc1. The average molecular weight is 333 g/mol. The molecule has 0 radical (unpaired) electrons. The van der Waals surface area contributed by atoms with E-state index in [0.29, 0.717) is 18.5 Å². The molecule has 1 aliphatic carbocycles.